The Hall–Kier alpha value is -1.75. The molecule has 112 valence electrons. The fraction of sp³-hybridized carbons (Fsp3) is 0.533. The monoisotopic (exact) mass is 281 g/mol. The summed E-state index contributed by atoms with van der Waals surface area (Å²) < 4.78 is 10.6. The Morgan fingerprint density at radius 3 is 2.65 bits per heavy atom. The molecule has 0 aliphatic rings. The van der Waals surface area contributed by atoms with E-state index >= 15 is 0 Å². The fourth-order valence-electron chi connectivity index (χ4n) is 1.68. The molecule has 0 fully saturated rings. The van der Waals surface area contributed by atoms with E-state index in [1.54, 1.807) is 12.1 Å². The minimum absolute atomic E-state index is 0.126. The van der Waals surface area contributed by atoms with Crippen molar-refractivity contribution in [1.29, 1.82) is 0 Å². The molecule has 1 N–H and O–H groups in total. The van der Waals surface area contributed by atoms with E-state index in [-0.39, 0.29) is 5.56 Å². The van der Waals surface area contributed by atoms with Gasteiger partial charge < -0.3 is 19.5 Å². The maximum Gasteiger partial charge on any atom is 0.339 e. The van der Waals surface area contributed by atoms with Crippen LogP contribution in [0.25, 0.3) is 0 Å². The summed E-state index contributed by atoms with van der Waals surface area (Å²) in [6, 6.07) is 5.29. The van der Waals surface area contributed by atoms with Gasteiger partial charge in [-0.15, -0.1) is 0 Å². The fourth-order valence-corrected chi connectivity index (χ4v) is 1.68. The molecule has 0 aromatic heterocycles. The molecule has 1 rings (SSSR count). The van der Waals surface area contributed by atoms with E-state index in [2.05, 4.69) is 25.8 Å². The minimum atomic E-state index is -1.02. The van der Waals surface area contributed by atoms with E-state index < -0.39 is 5.97 Å². The van der Waals surface area contributed by atoms with Gasteiger partial charge in [0.15, 0.2) is 0 Å². The normalized spacial score (nSPS) is 10.9. The largest absolute Gasteiger partial charge is 0.497 e. The first kappa shape index (κ1) is 16.3. The third-order valence-corrected chi connectivity index (χ3v) is 3.21. The van der Waals surface area contributed by atoms with Gasteiger partial charge in [0.25, 0.3) is 0 Å². The minimum Gasteiger partial charge on any atom is -0.497 e. The molecule has 0 amide bonds. The molecule has 0 heterocycles. The van der Waals surface area contributed by atoms with Gasteiger partial charge in [-0.25, -0.2) is 4.79 Å². The Kier molecular flexibility index (Phi) is 6.31. The summed E-state index contributed by atoms with van der Waals surface area (Å²) >= 11 is 0. The van der Waals surface area contributed by atoms with E-state index in [9.17, 15) is 4.79 Å². The number of ether oxygens (including phenoxy) is 2. The molecule has 1 aromatic carbocycles. The van der Waals surface area contributed by atoms with Crippen molar-refractivity contribution in [3.63, 3.8) is 0 Å². The molecule has 0 unspecified atom stereocenters. The summed E-state index contributed by atoms with van der Waals surface area (Å²) in [5.41, 5.74) is 0.126. The van der Waals surface area contributed by atoms with Crippen LogP contribution in [0.3, 0.4) is 0 Å². The highest BCUT2D eigenvalue weighted by molar-refractivity contribution is 5.91. The summed E-state index contributed by atoms with van der Waals surface area (Å²) in [7, 11) is 3.56. The number of nitrogens with zero attached hydrogens (tertiary/aromatic N) is 1. The first-order valence-corrected chi connectivity index (χ1v) is 6.70. The summed E-state index contributed by atoms with van der Waals surface area (Å²) in [5.74, 6) is -0.127. The highest BCUT2D eigenvalue weighted by Crippen LogP contribution is 2.24. The number of carbonyl (C=O) groups is 1. The second-order valence-electron chi connectivity index (χ2n) is 4.94. The Bertz CT molecular complexity index is 445. The van der Waals surface area contributed by atoms with Gasteiger partial charge in [-0.1, -0.05) is 0 Å². The lowest BCUT2D eigenvalue weighted by molar-refractivity contribution is 0.0691. The third-order valence-electron chi connectivity index (χ3n) is 3.21. The molecule has 0 saturated heterocycles. The molecule has 5 nitrogen and oxygen atoms in total. The average molecular weight is 281 g/mol. The van der Waals surface area contributed by atoms with Gasteiger partial charge in [-0.3, -0.25) is 0 Å². The predicted octanol–water partition coefficient (Wildman–Crippen LogP) is 2.50. The summed E-state index contributed by atoms with van der Waals surface area (Å²) in [4.78, 5) is 13.4. The van der Waals surface area contributed by atoms with Gasteiger partial charge in [-0.2, -0.15) is 0 Å². The third kappa shape index (κ3) is 4.74. The molecule has 1 aromatic rings. The SMILES string of the molecule is COc1ccc(OCCCN(C)C(C)C)c(C(=O)O)c1. The zero-order valence-electron chi connectivity index (χ0n) is 12.5. The first-order valence-electron chi connectivity index (χ1n) is 6.70. The molecule has 0 aliphatic carbocycles. The number of methoxy groups -OCH3 is 1. The van der Waals surface area contributed by atoms with E-state index in [1.165, 1.54) is 13.2 Å². The van der Waals surface area contributed by atoms with E-state index in [0.717, 1.165) is 13.0 Å². The zero-order valence-corrected chi connectivity index (χ0v) is 12.5. The van der Waals surface area contributed by atoms with E-state index in [1.807, 2.05) is 0 Å². The van der Waals surface area contributed by atoms with Crippen LogP contribution < -0.4 is 9.47 Å². The molecule has 0 aliphatic heterocycles. The summed E-state index contributed by atoms with van der Waals surface area (Å²) in [6.07, 6.45) is 0.847. The summed E-state index contributed by atoms with van der Waals surface area (Å²) in [5, 5.41) is 9.16. The Balaban J connectivity index is 2.57. The second-order valence-corrected chi connectivity index (χ2v) is 4.94. The molecule has 20 heavy (non-hydrogen) atoms. The number of benzene rings is 1. The van der Waals surface area contributed by atoms with Crippen molar-refractivity contribution in [2.24, 2.45) is 0 Å². The zero-order chi connectivity index (χ0) is 15.1. The van der Waals surface area contributed by atoms with Gasteiger partial charge in [-0.05, 0) is 45.5 Å². The molecular weight excluding hydrogens is 258 g/mol. The van der Waals surface area contributed by atoms with Gasteiger partial charge in [0.2, 0.25) is 0 Å². The predicted molar refractivity (Wildman–Crippen MR) is 77.8 cm³/mol. The second kappa shape index (κ2) is 7.75. The maximum atomic E-state index is 11.2. The van der Waals surface area contributed by atoms with Crippen LogP contribution in [-0.4, -0.2) is 49.3 Å². The average Bonchev–Trinajstić information content (AvgIpc) is 2.42. The lowest BCUT2D eigenvalue weighted by atomic mass is 10.2. The molecule has 0 bridgehead atoms. The number of hydrogen-bond acceptors (Lipinski definition) is 4. The maximum absolute atomic E-state index is 11.2. The van der Waals surface area contributed by atoms with E-state index in [0.29, 0.717) is 24.1 Å². The van der Waals surface area contributed by atoms with Crippen molar-refractivity contribution in [1.82, 2.24) is 4.90 Å². The highest BCUT2D eigenvalue weighted by Gasteiger charge is 2.13. The highest BCUT2D eigenvalue weighted by atomic mass is 16.5. The van der Waals surface area contributed by atoms with Crippen LogP contribution in [0.15, 0.2) is 18.2 Å². The standard InChI is InChI=1S/C15H23NO4/c1-11(2)16(3)8-5-9-20-14-7-6-12(19-4)10-13(14)15(17)18/h6-7,10-11H,5,8-9H2,1-4H3,(H,17,18). The molecule has 0 saturated carbocycles. The van der Waals surface area contributed by atoms with Crippen LogP contribution in [0.5, 0.6) is 11.5 Å². The lowest BCUT2D eigenvalue weighted by Gasteiger charge is -2.20. The van der Waals surface area contributed by atoms with Crippen LogP contribution in [0.2, 0.25) is 0 Å². The van der Waals surface area contributed by atoms with Crippen molar-refractivity contribution < 1.29 is 19.4 Å². The van der Waals surface area contributed by atoms with Crippen LogP contribution in [0, 0.1) is 0 Å². The van der Waals surface area contributed by atoms with Crippen molar-refractivity contribution in [2.75, 3.05) is 27.3 Å². The van der Waals surface area contributed by atoms with Crippen LogP contribution in [-0.2, 0) is 0 Å². The number of carboxylic acid groups (broad SMARTS) is 1. The Labute approximate surface area is 120 Å². The molecule has 0 spiro atoms. The number of carboxylic acids is 1. The topological polar surface area (TPSA) is 59.0 Å². The van der Waals surface area contributed by atoms with Crippen molar-refractivity contribution in [3.8, 4) is 11.5 Å². The van der Waals surface area contributed by atoms with Crippen LogP contribution in [0.1, 0.15) is 30.6 Å². The van der Waals surface area contributed by atoms with Gasteiger partial charge in [0, 0.05) is 12.6 Å². The number of rotatable bonds is 8. The molecular formula is C15H23NO4. The number of aromatic carboxylic acids is 1. The van der Waals surface area contributed by atoms with Gasteiger partial charge in [0.05, 0.1) is 13.7 Å². The smallest absolute Gasteiger partial charge is 0.339 e. The van der Waals surface area contributed by atoms with Crippen LogP contribution >= 0.6 is 0 Å². The Morgan fingerprint density at radius 2 is 2.10 bits per heavy atom. The van der Waals surface area contributed by atoms with Crippen molar-refractivity contribution in [3.05, 3.63) is 23.8 Å². The van der Waals surface area contributed by atoms with Gasteiger partial charge in [0.1, 0.15) is 17.1 Å². The number of hydrogen-bond donors (Lipinski definition) is 1. The van der Waals surface area contributed by atoms with Gasteiger partial charge >= 0.3 is 5.97 Å². The van der Waals surface area contributed by atoms with Crippen molar-refractivity contribution in [2.45, 2.75) is 26.3 Å². The Morgan fingerprint density at radius 1 is 1.40 bits per heavy atom. The lowest BCUT2D eigenvalue weighted by Crippen LogP contribution is -2.28. The summed E-state index contributed by atoms with van der Waals surface area (Å²) in [6.45, 7) is 5.67. The van der Waals surface area contributed by atoms with Crippen LogP contribution in [0.4, 0.5) is 0 Å². The molecule has 0 atom stereocenters. The first-order chi connectivity index (χ1) is 9.45. The molecule has 0 radical (unpaired) electrons. The molecule has 5 heteroatoms. The van der Waals surface area contributed by atoms with E-state index in [4.69, 9.17) is 14.6 Å². The quantitative estimate of drug-likeness (QED) is 0.742. The van der Waals surface area contributed by atoms with Crippen molar-refractivity contribution >= 4 is 5.97 Å².